The third-order valence-electron chi connectivity index (χ3n) is 7.00. The number of amides is 1. The van der Waals surface area contributed by atoms with Crippen LogP contribution in [0, 0.1) is 18.3 Å². The summed E-state index contributed by atoms with van der Waals surface area (Å²) in [6.07, 6.45) is 4.88. The lowest BCUT2D eigenvalue weighted by molar-refractivity contribution is -0.142. The minimum Gasteiger partial charge on any atom is -0.384 e. The smallest absolute Gasteiger partial charge is 0.230 e. The predicted molar refractivity (Wildman–Crippen MR) is 104 cm³/mol. The summed E-state index contributed by atoms with van der Waals surface area (Å²) in [5.41, 5.74) is 0.904. The number of rotatable bonds is 5. The number of aryl methyl sites for hydroxylation is 1. The van der Waals surface area contributed by atoms with Gasteiger partial charge in [0.05, 0.1) is 31.9 Å². The number of ether oxygens (including phenoxy) is 2. The maximum atomic E-state index is 12.9. The molecule has 2 saturated heterocycles. The van der Waals surface area contributed by atoms with Crippen LogP contribution >= 0.6 is 0 Å². The van der Waals surface area contributed by atoms with Crippen molar-refractivity contribution in [3.05, 3.63) is 17.5 Å². The van der Waals surface area contributed by atoms with E-state index in [1.165, 1.54) is 12.8 Å². The van der Waals surface area contributed by atoms with Gasteiger partial charge in [-0.25, -0.2) is 0 Å². The normalized spacial score (nSPS) is 31.6. The number of piperidine rings is 1. The molecule has 0 bridgehead atoms. The lowest BCUT2D eigenvalue weighted by Crippen LogP contribution is -2.58. The quantitative estimate of drug-likeness (QED) is 0.764. The van der Waals surface area contributed by atoms with E-state index in [2.05, 4.69) is 10.1 Å². The minimum atomic E-state index is 0.0861. The molecule has 0 N–H and O–H groups in total. The number of hydrogen-bond acceptors (Lipinski definition) is 6. The fourth-order valence-electron chi connectivity index (χ4n) is 5.53. The number of carbonyl (C=O) groups is 1. The average Bonchev–Trinajstić information content (AvgIpc) is 3.12. The molecule has 1 aromatic heterocycles. The summed E-state index contributed by atoms with van der Waals surface area (Å²) < 4.78 is 16.4. The number of methoxy groups -OCH3 is 1. The molecule has 2 aliphatic heterocycles. The molecule has 3 atom stereocenters. The lowest BCUT2D eigenvalue weighted by atomic mass is 9.61. The Morgan fingerprint density at radius 3 is 2.86 bits per heavy atom. The molecule has 1 aromatic rings. The van der Waals surface area contributed by atoms with Crippen molar-refractivity contribution < 1.29 is 18.8 Å². The van der Waals surface area contributed by atoms with Gasteiger partial charge in [-0.05, 0) is 38.5 Å². The van der Waals surface area contributed by atoms with Crippen LogP contribution in [0.25, 0.3) is 0 Å². The van der Waals surface area contributed by atoms with E-state index in [0.29, 0.717) is 24.1 Å². The van der Waals surface area contributed by atoms with Gasteiger partial charge in [-0.2, -0.15) is 0 Å². The molecule has 3 fully saturated rings. The van der Waals surface area contributed by atoms with Crippen LogP contribution in [0.4, 0.5) is 0 Å². The van der Waals surface area contributed by atoms with Crippen LogP contribution in [0.15, 0.2) is 10.6 Å². The molecule has 156 valence electrons. The van der Waals surface area contributed by atoms with E-state index in [0.717, 1.165) is 64.5 Å². The lowest BCUT2D eigenvalue weighted by Gasteiger charge is -2.54. The number of nitrogens with zero attached hydrogens (tertiary/aromatic N) is 3. The Balaban J connectivity index is 1.41. The maximum Gasteiger partial charge on any atom is 0.230 e. The molecule has 7 nitrogen and oxygen atoms in total. The van der Waals surface area contributed by atoms with Gasteiger partial charge >= 0.3 is 0 Å². The summed E-state index contributed by atoms with van der Waals surface area (Å²) in [7, 11) is 1.79. The average molecular weight is 392 g/mol. The molecule has 0 spiro atoms. The molecule has 0 unspecified atom stereocenters. The second-order valence-electron chi connectivity index (χ2n) is 8.78. The third-order valence-corrected chi connectivity index (χ3v) is 7.00. The molecular formula is C21H33N3O4. The van der Waals surface area contributed by atoms with Crippen LogP contribution in [0.3, 0.4) is 0 Å². The summed E-state index contributed by atoms with van der Waals surface area (Å²) in [6.45, 7) is 8.06. The van der Waals surface area contributed by atoms with Gasteiger partial charge in [0, 0.05) is 50.8 Å². The number of hydrogen-bond donors (Lipinski definition) is 0. The number of morpholine rings is 1. The highest BCUT2D eigenvalue weighted by molar-refractivity contribution is 5.78. The van der Waals surface area contributed by atoms with Crippen LogP contribution in [-0.2, 0) is 20.7 Å². The molecule has 1 aliphatic carbocycles. The Labute approximate surface area is 167 Å². The van der Waals surface area contributed by atoms with Gasteiger partial charge in [-0.1, -0.05) is 5.16 Å². The Bertz CT molecular complexity index is 672. The standard InChI is InChI=1S/C21H33N3O4/c1-16-11-19(28-22-16)13-20(25)24-6-4-17-12-18(23-7-9-27-10-8-23)3-5-21(17,14-24)15-26-2/h11,17-18H,3-10,12-15H2,1-2H3/t17-,18-,21+/m1/s1. The zero-order chi connectivity index (χ0) is 19.6. The highest BCUT2D eigenvalue weighted by Gasteiger charge is 2.48. The maximum absolute atomic E-state index is 12.9. The molecule has 4 rings (SSSR count). The number of carbonyl (C=O) groups excluding carboxylic acids is 1. The van der Waals surface area contributed by atoms with Crippen molar-refractivity contribution >= 4 is 5.91 Å². The Morgan fingerprint density at radius 1 is 1.32 bits per heavy atom. The van der Waals surface area contributed by atoms with E-state index < -0.39 is 0 Å². The Hall–Kier alpha value is -1.44. The molecule has 1 saturated carbocycles. The molecule has 1 amide bonds. The van der Waals surface area contributed by atoms with Crippen LogP contribution < -0.4 is 0 Å². The van der Waals surface area contributed by atoms with Crippen molar-refractivity contribution in [1.82, 2.24) is 15.0 Å². The third kappa shape index (κ3) is 4.11. The molecule has 28 heavy (non-hydrogen) atoms. The first-order chi connectivity index (χ1) is 13.6. The molecule has 3 aliphatic rings. The summed E-state index contributed by atoms with van der Waals surface area (Å²) in [6, 6.07) is 2.50. The van der Waals surface area contributed by atoms with Crippen LogP contribution in [0.1, 0.15) is 37.1 Å². The van der Waals surface area contributed by atoms with Crippen molar-refractivity contribution in [2.24, 2.45) is 11.3 Å². The summed E-state index contributed by atoms with van der Waals surface area (Å²) in [5.74, 6) is 1.41. The zero-order valence-electron chi connectivity index (χ0n) is 17.2. The first kappa shape index (κ1) is 19.9. The van der Waals surface area contributed by atoms with E-state index in [4.69, 9.17) is 14.0 Å². The van der Waals surface area contributed by atoms with E-state index in [9.17, 15) is 4.79 Å². The molecule has 7 heteroatoms. The minimum absolute atomic E-state index is 0.0861. The number of aromatic nitrogens is 1. The van der Waals surface area contributed by atoms with Crippen molar-refractivity contribution in [2.75, 3.05) is 53.1 Å². The zero-order valence-corrected chi connectivity index (χ0v) is 17.2. The Morgan fingerprint density at radius 2 is 2.14 bits per heavy atom. The topological polar surface area (TPSA) is 68.0 Å². The first-order valence-corrected chi connectivity index (χ1v) is 10.6. The Kier molecular flexibility index (Phi) is 6.04. The van der Waals surface area contributed by atoms with Gasteiger partial charge in [-0.3, -0.25) is 9.69 Å². The fraction of sp³-hybridized carbons (Fsp3) is 0.810. The van der Waals surface area contributed by atoms with Gasteiger partial charge in [0.2, 0.25) is 5.91 Å². The van der Waals surface area contributed by atoms with E-state index in [-0.39, 0.29) is 11.3 Å². The molecule has 3 heterocycles. The van der Waals surface area contributed by atoms with E-state index in [1.54, 1.807) is 7.11 Å². The first-order valence-electron chi connectivity index (χ1n) is 10.6. The summed E-state index contributed by atoms with van der Waals surface area (Å²) in [5, 5.41) is 3.90. The monoisotopic (exact) mass is 391 g/mol. The van der Waals surface area contributed by atoms with Crippen LogP contribution in [0.5, 0.6) is 0 Å². The molecule has 0 radical (unpaired) electrons. The fourth-order valence-corrected chi connectivity index (χ4v) is 5.53. The second kappa shape index (κ2) is 8.51. The van der Waals surface area contributed by atoms with Crippen molar-refractivity contribution in [2.45, 2.75) is 45.1 Å². The van der Waals surface area contributed by atoms with Crippen LogP contribution in [-0.4, -0.2) is 80.0 Å². The predicted octanol–water partition coefficient (Wildman–Crippen LogP) is 1.89. The van der Waals surface area contributed by atoms with E-state index >= 15 is 0 Å². The van der Waals surface area contributed by atoms with Crippen molar-refractivity contribution in [1.29, 1.82) is 0 Å². The largest absolute Gasteiger partial charge is 0.384 e. The number of likely N-dealkylation sites (tertiary alicyclic amines) is 1. The van der Waals surface area contributed by atoms with Gasteiger partial charge < -0.3 is 18.9 Å². The summed E-state index contributed by atoms with van der Waals surface area (Å²) in [4.78, 5) is 17.5. The SMILES string of the molecule is COC[C@@]12CC[C@@H](N3CCOCC3)C[C@H]1CCN(C(=O)Cc1cc(C)no1)C2. The van der Waals surface area contributed by atoms with Crippen molar-refractivity contribution in [3.8, 4) is 0 Å². The highest BCUT2D eigenvalue weighted by Crippen LogP contribution is 2.47. The number of fused-ring (bicyclic) bond motifs is 1. The van der Waals surface area contributed by atoms with Gasteiger partial charge in [-0.15, -0.1) is 0 Å². The molecule has 0 aromatic carbocycles. The van der Waals surface area contributed by atoms with Crippen molar-refractivity contribution in [3.63, 3.8) is 0 Å². The van der Waals surface area contributed by atoms with Gasteiger partial charge in [0.15, 0.2) is 0 Å². The van der Waals surface area contributed by atoms with Crippen LogP contribution in [0.2, 0.25) is 0 Å². The molecular weight excluding hydrogens is 358 g/mol. The van der Waals surface area contributed by atoms with Gasteiger partial charge in [0.25, 0.3) is 0 Å². The van der Waals surface area contributed by atoms with Gasteiger partial charge in [0.1, 0.15) is 5.76 Å². The highest BCUT2D eigenvalue weighted by atomic mass is 16.5. The second-order valence-corrected chi connectivity index (χ2v) is 8.78. The van der Waals surface area contributed by atoms with E-state index in [1.807, 2.05) is 17.9 Å². The summed E-state index contributed by atoms with van der Waals surface area (Å²) >= 11 is 0.